The topological polar surface area (TPSA) is 21.3 Å². The summed E-state index contributed by atoms with van der Waals surface area (Å²) in [4.78, 5) is 0. The van der Waals surface area contributed by atoms with Crippen LogP contribution in [0, 0.1) is 0 Å². The van der Waals surface area contributed by atoms with Gasteiger partial charge >= 0.3 is 0 Å². The van der Waals surface area contributed by atoms with E-state index in [1.54, 1.807) is 0 Å². The molecule has 0 aromatic heterocycles. The third-order valence-electron chi connectivity index (χ3n) is 3.83. The van der Waals surface area contributed by atoms with Crippen LogP contribution in [0.25, 0.3) is 0 Å². The molecule has 1 heterocycles. The van der Waals surface area contributed by atoms with Crippen LogP contribution in [-0.4, -0.2) is 13.2 Å². The van der Waals surface area contributed by atoms with Crippen molar-refractivity contribution in [2.45, 2.75) is 58.4 Å². The number of para-hydroxylation sites is 1. The molecule has 1 aliphatic heterocycles. The van der Waals surface area contributed by atoms with Gasteiger partial charge in [-0.3, -0.25) is 0 Å². The lowest BCUT2D eigenvalue weighted by Gasteiger charge is -2.26. The van der Waals surface area contributed by atoms with E-state index in [2.05, 4.69) is 37.4 Å². The molecule has 1 atom stereocenters. The van der Waals surface area contributed by atoms with Crippen molar-refractivity contribution in [3.63, 3.8) is 0 Å². The van der Waals surface area contributed by atoms with Crippen LogP contribution < -0.4 is 10.1 Å². The Balaban J connectivity index is 2.19. The Morgan fingerprint density at radius 3 is 2.95 bits per heavy atom. The number of unbranched alkanes of at least 4 members (excludes halogenated alkanes) is 1. The van der Waals surface area contributed by atoms with Gasteiger partial charge in [0.15, 0.2) is 0 Å². The monoisotopic (exact) mass is 261 g/mol. The quantitative estimate of drug-likeness (QED) is 0.792. The molecule has 0 radical (unpaired) electrons. The molecule has 19 heavy (non-hydrogen) atoms. The molecule has 1 unspecified atom stereocenters. The van der Waals surface area contributed by atoms with E-state index >= 15 is 0 Å². The lowest BCUT2D eigenvalue weighted by molar-refractivity contribution is 0.280. The number of hydrogen-bond acceptors (Lipinski definition) is 2. The molecule has 1 aliphatic rings. The molecule has 0 spiro atoms. The molecule has 0 saturated heterocycles. The van der Waals surface area contributed by atoms with E-state index in [0.717, 1.165) is 26.0 Å². The van der Waals surface area contributed by atoms with Crippen LogP contribution in [0.1, 0.15) is 63.1 Å². The standard InChI is InChI=1S/C17H27NO/c1-3-5-11-16(18-12-4-2)15-10-6-8-14-9-7-13-19-17(14)15/h6,8,10,16,18H,3-5,7,9,11-13H2,1-2H3. The fourth-order valence-corrected chi connectivity index (χ4v) is 2.78. The summed E-state index contributed by atoms with van der Waals surface area (Å²) in [7, 11) is 0. The number of aryl methyl sites for hydroxylation is 1. The molecule has 0 aliphatic carbocycles. The smallest absolute Gasteiger partial charge is 0.127 e. The highest BCUT2D eigenvalue weighted by Gasteiger charge is 2.20. The Morgan fingerprint density at radius 1 is 1.26 bits per heavy atom. The zero-order valence-electron chi connectivity index (χ0n) is 12.4. The molecule has 0 saturated carbocycles. The molecule has 1 aromatic carbocycles. The van der Waals surface area contributed by atoms with Gasteiger partial charge in [0.2, 0.25) is 0 Å². The Kier molecular flexibility index (Phi) is 5.71. The molecule has 2 heteroatoms. The van der Waals surface area contributed by atoms with Crippen LogP contribution in [0.3, 0.4) is 0 Å². The fourth-order valence-electron chi connectivity index (χ4n) is 2.78. The minimum absolute atomic E-state index is 0.452. The summed E-state index contributed by atoms with van der Waals surface area (Å²) >= 11 is 0. The van der Waals surface area contributed by atoms with Gasteiger partial charge in [0.05, 0.1) is 6.61 Å². The van der Waals surface area contributed by atoms with Gasteiger partial charge < -0.3 is 10.1 Å². The van der Waals surface area contributed by atoms with Crippen molar-refractivity contribution in [2.75, 3.05) is 13.2 Å². The highest BCUT2D eigenvalue weighted by Crippen LogP contribution is 2.34. The minimum atomic E-state index is 0.452. The average molecular weight is 261 g/mol. The fraction of sp³-hybridized carbons (Fsp3) is 0.647. The maximum atomic E-state index is 5.96. The third kappa shape index (κ3) is 3.73. The third-order valence-corrected chi connectivity index (χ3v) is 3.83. The van der Waals surface area contributed by atoms with Gasteiger partial charge in [-0.05, 0) is 37.8 Å². The van der Waals surface area contributed by atoms with Gasteiger partial charge in [-0.2, -0.15) is 0 Å². The Morgan fingerprint density at radius 2 is 2.16 bits per heavy atom. The lowest BCUT2D eigenvalue weighted by Crippen LogP contribution is -2.24. The SMILES string of the molecule is CCCCC(NCCC)c1cccc2c1OCCC2. The summed E-state index contributed by atoms with van der Waals surface area (Å²) < 4.78 is 5.96. The number of nitrogens with one attached hydrogen (secondary N) is 1. The predicted octanol–water partition coefficient (Wildman–Crippen LogP) is 4.24. The van der Waals surface area contributed by atoms with Crippen molar-refractivity contribution in [2.24, 2.45) is 0 Å². The molecule has 0 fully saturated rings. The molecule has 1 aromatic rings. The first-order valence-electron chi connectivity index (χ1n) is 7.84. The van der Waals surface area contributed by atoms with E-state index in [1.165, 1.54) is 42.6 Å². The molecule has 1 N–H and O–H groups in total. The van der Waals surface area contributed by atoms with Crippen LogP contribution in [0.15, 0.2) is 18.2 Å². The van der Waals surface area contributed by atoms with E-state index in [-0.39, 0.29) is 0 Å². The van der Waals surface area contributed by atoms with Crippen molar-refractivity contribution in [1.29, 1.82) is 0 Å². The Hall–Kier alpha value is -1.02. The van der Waals surface area contributed by atoms with Gasteiger partial charge in [0.1, 0.15) is 5.75 Å². The Bertz CT molecular complexity index is 381. The Labute approximate surface area is 117 Å². The van der Waals surface area contributed by atoms with Gasteiger partial charge in [0.25, 0.3) is 0 Å². The van der Waals surface area contributed by atoms with E-state index in [4.69, 9.17) is 4.74 Å². The van der Waals surface area contributed by atoms with Crippen molar-refractivity contribution < 1.29 is 4.74 Å². The first-order valence-corrected chi connectivity index (χ1v) is 7.84. The zero-order chi connectivity index (χ0) is 13.5. The summed E-state index contributed by atoms with van der Waals surface area (Å²) in [6.07, 6.45) is 7.22. The van der Waals surface area contributed by atoms with Crippen LogP contribution in [0.5, 0.6) is 5.75 Å². The first kappa shape index (κ1) is 14.4. The largest absolute Gasteiger partial charge is 0.493 e. The summed E-state index contributed by atoms with van der Waals surface area (Å²) in [5.41, 5.74) is 2.77. The van der Waals surface area contributed by atoms with E-state index in [1.807, 2.05) is 0 Å². The number of fused-ring (bicyclic) bond motifs is 1. The first-order chi connectivity index (χ1) is 9.36. The van der Waals surface area contributed by atoms with Crippen molar-refractivity contribution >= 4 is 0 Å². The maximum absolute atomic E-state index is 5.96. The van der Waals surface area contributed by atoms with Crippen molar-refractivity contribution in [3.8, 4) is 5.75 Å². The van der Waals surface area contributed by atoms with Gasteiger partial charge in [-0.1, -0.05) is 44.9 Å². The van der Waals surface area contributed by atoms with Gasteiger partial charge in [-0.15, -0.1) is 0 Å². The lowest BCUT2D eigenvalue weighted by atomic mass is 9.95. The van der Waals surface area contributed by atoms with Crippen LogP contribution in [0.2, 0.25) is 0 Å². The predicted molar refractivity (Wildman–Crippen MR) is 80.8 cm³/mol. The summed E-state index contributed by atoms with van der Waals surface area (Å²) in [5, 5.41) is 3.69. The number of hydrogen-bond donors (Lipinski definition) is 1. The summed E-state index contributed by atoms with van der Waals surface area (Å²) in [5.74, 6) is 1.17. The number of benzene rings is 1. The highest BCUT2D eigenvalue weighted by atomic mass is 16.5. The van der Waals surface area contributed by atoms with Crippen LogP contribution in [0.4, 0.5) is 0 Å². The van der Waals surface area contributed by atoms with Crippen LogP contribution >= 0.6 is 0 Å². The number of rotatable bonds is 7. The van der Waals surface area contributed by atoms with Gasteiger partial charge in [-0.25, -0.2) is 0 Å². The van der Waals surface area contributed by atoms with Crippen molar-refractivity contribution in [1.82, 2.24) is 5.32 Å². The zero-order valence-corrected chi connectivity index (χ0v) is 12.4. The maximum Gasteiger partial charge on any atom is 0.127 e. The minimum Gasteiger partial charge on any atom is -0.493 e. The second kappa shape index (κ2) is 7.54. The molecule has 2 rings (SSSR count). The molecule has 0 amide bonds. The molecular formula is C17H27NO. The molecule has 106 valence electrons. The van der Waals surface area contributed by atoms with Crippen molar-refractivity contribution in [3.05, 3.63) is 29.3 Å². The van der Waals surface area contributed by atoms with E-state index < -0.39 is 0 Å². The second-order valence-electron chi connectivity index (χ2n) is 5.44. The van der Waals surface area contributed by atoms with Gasteiger partial charge in [0, 0.05) is 11.6 Å². The van der Waals surface area contributed by atoms with E-state index in [9.17, 15) is 0 Å². The van der Waals surface area contributed by atoms with E-state index in [0.29, 0.717) is 6.04 Å². The summed E-state index contributed by atoms with van der Waals surface area (Å²) in [6, 6.07) is 7.10. The molecule has 0 bridgehead atoms. The number of ether oxygens (including phenoxy) is 1. The molecule has 2 nitrogen and oxygen atoms in total. The second-order valence-corrected chi connectivity index (χ2v) is 5.44. The highest BCUT2D eigenvalue weighted by molar-refractivity contribution is 5.44. The summed E-state index contributed by atoms with van der Waals surface area (Å²) in [6.45, 7) is 6.44. The average Bonchev–Trinajstić information content (AvgIpc) is 2.47. The normalized spacial score (nSPS) is 15.7. The molecular weight excluding hydrogens is 234 g/mol. The van der Waals surface area contributed by atoms with Crippen LogP contribution in [-0.2, 0) is 6.42 Å².